The lowest BCUT2D eigenvalue weighted by Gasteiger charge is -2.30. The van der Waals surface area contributed by atoms with E-state index in [0.717, 1.165) is 11.1 Å². The van der Waals surface area contributed by atoms with Crippen molar-refractivity contribution < 1.29 is 27.2 Å². The normalized spacial score (nSPS) is 22.4. The molecule has 6 nitrogen and oxygen atoms in total. The van der Waals surface area contributed by atoms with Crippen LogP contribution in [0.4, 0.5) is 0 Å². The van der Waals surface area contributed by atoms with Gasteiger partial charge in [-0.25, -0.2) is 0 Å². The van der Waals surface area contributed by atoms with Gasteiger partial charge in [0.15, 0.2) is 6.10 Å². The molecule has 2 aromatic carbocycles. The lowest BCUT2D eigenvalue weighted by atomic mass is 10.1. The van der Waals surface area contributed by atoms with E-state index in [1.54, 1.807) is 18.2 Å². The van der Waals surface area contributed by atoms with Crippen LogP contribution in [0.5, 0.6) is 0 Å². The van der Waals surface area contributed by atoms with Gasteiger partial charge in [0.05, 0.1) is 17.8 Å². The van der Waals surface area contributed by atoms with E-state index in [4.69, 9.17) is 13.7 Å². The van der Waals surface area contributed by atoms with Crippen molar-refractivity contribution in [1.29, 1.82) is 0 Å². The molecule has 0 saturated carbocycles. The second kappa shape index (κ2) is 8.67. The number of hydrogen-bond acceptors (Lipinski definition) is 6. The SMILES string of the molecule is Cc1ccc(S(=O)(=O)OC[C@H]2OC=C[C@@H](OCc3ccccc3)[C@@H]2O)cc1. The molecule has 0 bridgehead atoms. The third kappa shape index (κ3) is 5.17. The molecule has 3 rings (SSSR count). The first-order valence-electron chi connectivity index (χ1n) is 8.57. The van der Waals surface area contributed by atoms with Crippen LogP contribution in [-0.4, -0.2) is 38.4 Å². The Bertz CT molecular complexity index is 861. The van der Waals surface area contributed by atoms with Gasteiger partial charge in [0, 0.05) is 0 Å². The predicted molar refractivity (Wildman–Crippen MR) is 99.4 cm³/mol. The standard InChI is InChI=1S/C20H22O6S/c1-15-7-9-17(10-8-15)27(22,23)26-14-19-20(21)18(11-12-24-19)25-13-16-5-3-2-4-6-16/h2-12,18-21H,13-14H2,1H3/t18-,19-,20+/m1/s1. The van der Waals surface area contributed by atoms with E-state index in [0.29, 0.717) is 6.61 Å². The summed E-state index contributed by atoms with van der Waals surface area (Å²) in [4.78, 5) is 0.0609. The van der Waals surface area contributed by atoms with Crippen molar-refractivity contribution in [3.05, 3.63) is 78.1 Å². The lowest BCUT2D eigenvalue weighted by molar-refractivity contribution is -0.103. The highest BCUT2D eigenvalue weighted by molar-refractivity contribution is 7.86. The van der Waals surface area contributed by atoms with E-state index in [1.165, 1.54) is 18.4 Å². The van der Waals surface area contributed by atoms with E-state index >= 15 is 0 Å². The van der Waals surface area contributed by atoms with Crippen LogP contribution < -0.4 is 0 Å². The van der Waals surface area contributed by atoms with E-state index in [-0.39, 0.29) is 11.5 Å². The van der Waals surface area contributed by atoms with Gasteiger partial charge in [-0.1, -0.05) is 48.0 Å². The zero-order valence-corrected chi connectivity index (χ0v) is 15.7. The molecule has 3 atom stereocenters. The molecular formula is C20H22O6S. The first-order chi connectivity index (χ1) is 13.0. The number of aliphatic hydroxyl groups is 1. The summed E-state index contributed by atoms with van der Waals surface area (Å²) in [5.41, 5.74) is 1.92. The van der Waals surface area contributed by atoms with E-state index in [9.17, 15) is 13.5 Å². The van der Waals surface area contributed by atoms with Gasteiger partial charge in [-0.3, -0.25) is 4.18 Å². The Labute approximate surface area is 159 Å². The largest absolute Gasteiger partial charge is 0.493 e. The van der Waals surface area contributed by atoms with Crippen LogP contribution in [0.1, 0.15) is 11.1 Å². The van der Waals surface area contributed by atoms with Crippen LogP contribution in [-0.2, 0) is 30.4 Å². The first kappa shape index (κ1) is 19.6. The van der Waals surface area contributed by atoms with Gasteiger partial charge in [0.2, 0.25) is 0 Å². The van der Waals surface area contributed by atoms with Crippen LogP contribution in [0, 0.1) is 6.92 Å². The Morgan fingerprint density at radius 2 is 1.78 bits per heavy atom. The van der Waals surface area contributed by atoms with Crippen molar-refractivity contribution in [2.24, 2.45) is 0 Å². The van der Waals surface area contributed by atoms with Crippen molar-refractivity contribution in [1.82, 2.24) is 0 Å². The molecule has 7 heteroatoms. The molecule has 0 saturated heterocycles. The highest BCUT2D eigenvalue weighted by atomic mass is 32.2. The van der Waals surface area contributed by atoms with Crippen LogP contribution in [0.15, 0.2) is 71.8 Å². The van der Waals surface area contributed by atoms with Gasteiger partial charge in [0.25, 0.3) is 10.1 Å². The molecule has 1 aliphatic heterocycles. The minimum atomic E-state index is -3.93. The van der Waals surface area contributed by atoms with Gasteiger partial charge in [-0.05, 0) is 30.7 Å². The molecule has 0 amide bonds. The number of benzene rings is 2. The zero-order chi connectivity index (χ0) is 19.3. The Hall–Kier alpha value is -2.19. The van der Waals surface area contributed by atoms with Crippen LogP contribution in [0.2, 0.25) is 0 Å². The smallest absolute Gasteiger partial charge is 0.297 e. The van der Waals surface area contributed by atoms with E-state index in [2.05, 4.69) is 0 Å². The van der Waals surface area contributed by atoms with Gasteiger partial charge >= 0.3 is 0 Å². The summed E-state index contributed by atoms with van der Waals surface area (Å²) in [6.45, 7) is 1.88. The van der Waals surface area contributed by atoms with Crippen molar-refractivity contribution in [3.63, 3.8) is 0 Å². The molecule has 0 radical (unpaired) electrons. The second-order valence-electron chi connectivity index (χ2n) is 6.31. The van der Waals surface area contributed by atoms with Crippen LogP contribution in [0.3, 0.4) is 0 Å². The van der Waals surface area contributed by atoms with Gasteiger partial charge in [-0.15, -0.1) is 0 Å². The topological polar surface area (TPSA) is 82.1 Å². The molecule has 0 unspecified atom stereocenters. The number of aryl methyl sites for hydroxylation is 1. The Balaban J connectivity index is 1.57. The summed E-state index contributed by atoms with van der Waals surface area (Å²) in [7, 11) is -3.93. The van der Waals surface area contributed by atoms with Crippen molar-refractivity contribution in [3.8, 4) is 0 Å². The monoisotopic (exact) mass is 390 g/mol. The molecular weight excluding hydrogens is 368 g/mol. The fraction of sp³-hybridized carbons (Fsp3) is 0.300. The predicted octanol–water partition coefficient (Wildman–Crippen LogP) is 2.56. The summed E-state index contributed by atoms with van der Waals surface area (Å²) in [6.07, 6.45) is 0.477. The minimum Gasteiger partial charge on any atom is -0.493 e. The Morgan fingerprint density at radius 3 is 2.48 bits per heavy atom. The van der Waals surface area contributed by atoms with Crippen molar-refractivity contribution >= 4 is 10.1 Å². The highest BCUT2D eigenvalue weighted by Crippen LogP contribution is 2.20. The number of ether oxygens (including phenoxy) is 2. The summed E-state index contributed by atoms with van der Waals surface area (Å²) in [5, 5.41) is 10.4. The molecule has 0 fully saturated rings. The zero-order valence-electron chi connectivity index (χ0n) is 14.9. The maximum atomic E-state index is 12.3. The average molecular weight is 390 g/mol. The summed E-state index contributed by atoms with van der Waals surface area (Å²) < 4.78 is 40.7. The maximum absolute atomic E-state index is 12.3. The van der Waals surface area contributed by atoms with Crippen molar-refractivity contribution in [2.45, 2.75) is 36.7 Å². The van der Waals surface area contributed by atoms with E-state index in [1.807, 2.05) is 37.3 Å². The quantitative estimate of drug-likeness (QED) is 0.732. The first-order valence-corrected chi connectivity index (χ1v) is 9.98. The lowest BCUT2D eigenvalue weighted by Crippen LogP contribution is -2.44. The molecule has 0 spiro atoms. The molecule has 1 aliphatic rings. The van der Waals surface area contributed by atoms with Gasteiger partial charge < -0.3 is 14.6 Å². The van der Waals surface area contributed by atoms with Crippen LogP contribution in [0.25, 0.3) is 0 Å². The van der Waals surface area contributed by atoms with Crippen molar-refractivity contribution in [2.75, 3.05) is 6.61 Å². The summed E-state index contributed by atoms with van der Waals surface area (Å²) >= 11 is 0. The number of aliphatic hydroxyl groups excluding tert-OH is 1. The highest BCUT2D eigenvalue weighted by Gasteiger charge is 2.33. The molecule has 2 aromatic rings. The Kier molecular flexibility index (Phi) is 6.28. The third-order valence-corrected chi connectivity index (χ3v) is 5.52. The molecule has 0 aromatic heterocycles. The van der Waals surface area contributed by atoms with Crippen LogP contribution >= 0.6 is 0 Å². The molecule has 1 heterocycles. The minimum absolute atomic E-state index is 0.0609. The molecule has 144 valence electrons. The maximum Gasteiger partial charge on any atom is 0.297 e. The summed E-state index contributed by atoms with van der Waals surface area (Å²) in [6, 6.07) is 15.9. The average Bonchev–Trinajstić information content (AvgIpc) is 2.67. The number of hydrogen-bond donors (Lipinski definition) is 1. The fourth-order valence-electron chi connectivity index (χ4n) is 2.62. The molecule has 27 heavy (non-hydrogen) atoms. The Morgan fingerprint density at radius 1 is 1.07 bits per heavy atom. The van der Waals surface area contributed by atoms with E-state index < -0.39 is 28.4 Å². The molecule has 1 N–H and O–H groups in total. The van der Waals surface area contributed by atoms with Gasteiger partial charge in [0.1, 0.15) is 18.8 Å². The number of rotatable bonds is 7. The fourth-order valence-corrected chi connectivity index (χ4v) is 3.54. The summed E-state index contributed by atoms with van der Waals surface area (Å²) in [5.74, 6) is 0. The van der Waals surface area contributed by atoms with Gasteiger partial charge in [-0.2, -0.15) is 8.42 Å². The second-order valence-corrected chi connectivity index (χ2v) is 7.92. The molecule has 0 aliphatic carbocycles. The third-order valence-electron chi connectivity index (χ3n) is 4.22.